The number of halogens is 1. The monoisotopic (exact) mass is 339 g/mol. The van der Waals surface area contributed by atoms with Crippen molar-refractivity contribution in [2.75, 3.05) is 33.2 Å². The summed E-state index contributed by atoms with van der Waals surface area (Å²) >= 11 is 0. The molecule has 1 aliphatic heterocycles. The minimum absolute atomic E-state index is 0. The van der Waals surface area contributed by atoms with Gasteiger partial charge in [0.05, 0.1) is 6.54 Å². The third kappa shape index (κ3) is 6.20. The number of rotatable bonds is 6. The Balaban J connectivity index is 0.00000264. The largest absolute Gasteiger partial charge is 0.343 e. The van der Waals surface area contributed by atoms with Gasteiger partial charge in [0.2, 0.25) is 5.91 Å². The van der Waals surface area contributed by atoms with Crippen LogP contribution in [0.15, 0.2) is 30.3 Å². The second-order valence-corrected chi connectivity index (χ2v) is 5.77. The third-order valence-electron chi connectivity index (χ3n) is 4.21. The summed E-state index contributed by atoms with van der Waals surface area (Å²) in [6, 6.07) is 8.97. The van der Waals surface area contributed by atoms with E-state index >= 15 is 0 Å². The second-order valence-electron chi connectivity index (χ2n) is 5.77. The molecular weight excluding hydrogens is 314 g/mol. The Labute approximate surface area is 144 Å². The Morgan fingerprint density at radius 1 is 1.17 bits per heavy atom. The maximum absolute atomic E-state index is 12.2. The van der Waals surface area contributed by atoms with E-state index in [0.29, 0.717) is 11.5 Å². The second kappa shape index (κ2) is 10.2. The molecule has 1 aromatic rings. The standard InChI is InChI=1S/C17H25N3O2.ClH/c1-18-10-7-14-8-11-20(12-9-14)16(21)13-19-17(22)15-5-3-2-4-6-15;/h2-6,14,18H,7-13H2,1H3,(H,19,22);1H. The van der Waals surface area contributed by atoms with Crippen LogP contribution in [0.1, 0.15) is 29.6 Å². The molecule has 1 heterocycles. The van der Waals surface area contributed by atoms with Gasteiger partial charge in [-0.25, -0.2) is 0 Å². The van der Waals surface area contributed by atoms with Gasteiger partial charge in [0.1, 0.15) is 0 Å². The molecule has 1 aliphatic rings. The summed E-state index contributed by atoms with van der Waals surface area (Å²) in [5, 5.41) is 5.87. The summed E-state index contributed by atoms with van der Waals surface area (Å²) in [6.07, 6.45) is 3.28. The van der Waals surface area contributed by atoms with Crippen LogP contribution in [0.25, 0.3) is 0 Å². The van der Waals surface area contributed by atoms with Crippen LogP contribution in [0.3, 0.4) is 0 Å². The fourth-order valence-electron chi connectivity index (χ4n) is 2.78. The normalized spacial score (nSPS) is 14.9. The lowest BCUT2D eigenvalue weighted by molar-refractivity contribution is -0.131. The van der Waals surface area contributed by atoms with Gasteiger partial charge in [-0.3, -0.25) is 9.59 Å². The molecule has 0 aliphatic carbocycles. The molecule has 0 atom stereocenters. The summed E-state index contributed by atoms with van der Waals surface area (Å²) in [5.41, 5.74) is 0.584. The van der Waals surface area contributed by atoms with E-state index in [0.717, 1.165) is 32.5 Å². The molecule has 23 heavy (non-hydrogen) atoms. The van der Waals surface area contributed by atoms with Gasteiger partial charge >= 0.3 is 0 Å². The van der Waals surface area contributed by atoms with Gasteiger partial charge in [-0.2, -0.15) is 0 Å². The Morgan fingerprint density at radius 2 is 1.83 bits per heavy atom. The fraction of sp³-hybridized carbons (Fsp3) is 0.529. The van der Waals surface area contributed by atoms with E-state index in [2.05, 4.69) is 10.6 Å². The Bertz CT molecular complexity index is 488. The number of hydrogen-bond acceptors (Lipinski definition) is 3. The number of nitrogens with zero attached hydrogens (tertiary/aromatic N) is 1. The van der Waals surface area contributed by atoms with Crippen molar-refractivity contribution in [3.63, 3.8) is 0 Å². The number of hydrogen-bond donors (Lipinski definition) is 2. The van der Waals surface area contributed by atoms with Crippen molar-refractivity contribution in [1.29, 1.82) is 0 Å². The van der Waals surface area contributed by atoms with Crippen molar-refractivity contribution in [1.82, 2.24) is 15.5 Å². The molecule has 0 unspecified atom stereocenters. The van der Waals surface area contributed by atoms with E-state index in [1.165, 1.54) is 6.42 Å². The Morgan fingerprint density at radius 3 is 2.43 bits per heavy atom. The summed E-state index contributed by atoms with van der Waals surface area (Å²) in [5.74, 6) is 0.518. The van der Waals surface area contributed by atoms with E-state index < -0.39 is 0 Å². The van der Waals surface area contributed by atoms with Crippen molar-refractivity contribution in [3.8, 4) is 0 Å². The first-order chi connectivity index (χ1) is 10.7. The summed E-state index contributed by atoms with van der Waals surface area (Å²) in [4.78, 5) is 25.9. The van der Waals surface area contributed by atoms with Crippen LogP contribution >= 0.6 is 12.4 Å². The molecule has 0 spiro atoms. The average Bonchev–Trinajstić information content (AvgIpc) is 2.58. The predicted molar refractivity (Wildman–Crippen MR) is 93.9 cm³/mol. The van der Waals surface area contributed by atoms with Crippen molar-refractivity contribution in [2.24, 2.45) is 5.92 Å². The Kier molecular flexibility index (Phi) is 8.66. The number of likely N-dealkylation sites (tertiary alicyclic amines) is 1. The van der Waals surface area contributed by atoms with Crippen LogP contribution in [0.5, 0.6) is 0 Å². The number of benzene rings is 1. The highest BCUT2D eigenvalue weighted by molar-refractivity contribution is 5.96. The fourth-order valence-corrected chi connectivity index (χ4v) is 2.78. The van der Waals surface area contributed by atoms with Crippen LogP contribution < -0.4 is 10.6 Å². The zero-order valence-electron chi connectivity index (χ0n) is 13.6. The maximum Gasteiger partial charge on any atom is 0.251 e. The molecule has 0 saturated carbocycles. The molecule has 1 saturated heterocycles. The van der Waals surface area contributed by atoms with Crippen LogP contribution in [-0.2, 0) is 4.79 Å². The molecule has 0 aromatic heterocycles. The molecule has 6 heteroatoms. The minimum Gasteiger partial charge on any atom is -0.343 e. The number of carbonyl (C=O) groups is 2. The topological polar surface area (TPSA) is 61.4 Å². The molecule has 2 N–H and O–H groups in total. The number of carbonyl (C=O) groups excluding carboxylic acids is 2. The quantitative estimate of drug-likeness (QED) is 0.829. The van der Waals surface area contributed by atoms with Gasteiger partial charge in [-0.1, -0.05) is 18.2 Å². The first-order valence-electron chi connectivity index (χ1n) is 7.96. The van der Waals surface area contributed by atoms with Crippen LogP contribution in [0, 0.1) is 5.92 Å². The lowest BCUT2D eigenvalue weighted by atomic mass is 9.93. The molecule has 1 aromatic carbocycles. The van der Waals surface area contributed by atoms with Gasteiger partial charge < -0.3 is 15.5 Å². The predicted octanol–water partition coefficient (Wildman–Crippen LogP) is 1.69. The van der Waals surface area contributed by atoms with Gasteiger partial charge in [-0.15, -0.1) is 12.4 Å². The molecule has 5 nitrogen and oxygen atoms in total. The lowest BCUT2D eigenvalue weighted by Crippen LogP contribution is -2.44. The van der Waals surface area contributed by atoms with Crippen LogP contribution in [0.2, 0.25) is 0 Å². The van der Waals surface area contributed by atoms with Crippen LogP contribution in [-0.4, -0.2) is 49.9 Å². The molecule has 128 valence electrons. The molecule has 1 fully saturated rings. The van der Waals surface area contributed by atoms with E-state index in [1.54, 1.807) is 12.1 Å². The lowest BCUT2D eigenvalue weighted by Gasteiger charge is -2.32. The Hall–Kier alpha value is -1.59. The van der Waals surface area contributed by atoms with Crippen LogP contribution in [0.4, 0.5) is 0 Å². The molecule has 2 rings (SSSR count). The molecule has 0 radical (unpaired) electrons. The molecule has 2 amide bonds. The molecule has 0 bridgehead atoms. The number of piperidine rings is 1. The van der Waals surface area contributed by atoms with E-state index in [1.807, 2.05) is 30.1 Å². The number of amides is 2. The van der Waals surface area contributed by atoms with E-state index in [-0.39, 0.29) is 30.8 Å². The summed E-state index contributed by atoms with van der Waals surface area (Å²) in [7, 11) is 1.97. The minimum atomic E-state index is -0.196. The van der Waals surface area contributed by atoms with Crippen molar-refractivity contribution < 1.29 is 9.59 Å². The molecular formula is C17H26ClN3O2. The van der Waals surface area contributed by atoms with Gasteiger partial charge in [0, 0.05) is 18.7 Å². The first kappa shape index (κ1) is 19.5. The van der Waals surface area contributed by atoms with Crippen molar-refractivity contribution >= 4 is 24.2 Å². The first-order valence-corrected chi connectivity index (χ1v) is 7.96. The van der Waals surface area contributed by atoms with Crippen molar-refractivity contribution in [3.05, 3.63) is 35.9 Å². The highest BCUT2D eigenvalue weighted by Gasteiger charge is 2.22. The number of nitrogens with one attached hydrogen (secondary N) is 2. The third-order valence-corrected chi connectivity index (χ3v) is 4.21. The zero-order valence-corrected chi connectivity index (χ0v) is 14.4. The SMILES string of the molecule is CNCCC1CCN(C(=O)CNC(=O)c2ccccc2)CC1.Cl. The smallest absolute Gasteiger partial charge is 0.251 e. The zero-order chi connectivity index (χ0) is 15.8. The van der Waals surface area contributed by atoms with E-state index in [4.69, 9.17) is 0 Å². The summed E-state index contributed by atoms with van der Waals surface area (Å²) in [6.45, 7) is 2.71. The van der Waals surface area contributed by atoms with E-state index in [9.17, 15) is 9.59 Å². The van der Waals surface area contributed by atoms with Gasteiger partial charge in [0.25, 0.3) is 5.91 Å². The highest BCUT2D eigenvalue weighted by atomic mass is 35.5. The average molecular weight is 340 g/mol. The summed E-state index contributed by atoms with van der Waals surface area (Å²) < 4.78 is 0. The maximum atomic E-state index is 12.2. The highest BCUT2D eigenvalue weighted by Crippen LogP contribution is 2.19. The van der Waals surface area contributed by atoms with Gasteiger partial charge in [-0.05, 0) is 50.9 Å². The van der Waals surface area contributed by atoms with Gasteiger partial charge in [0.15, 0.2) is 0 Å². The van der Waals surface area contributed by atoms with Crippen molar-refractivity contribution in [2.45, 2.75) is 19.3 Å².